The second-order valence-electron chi connectivity index (χ2n) is 10.5. The van der Waals surface area contributed by atoms with E-state index < -0.39 is 17.3 Å². The minimum atomic E-state index is -4.46. The van der Waals surface area contributed by atoms with Gasteiger partial charge in [-0.25, -0.2) is 0 Å². The first-order valence-electron chi connectivity index (χ1n) is 13.7. The van der Waals surface area contributed by atoms with Crippen molar-refractivity contribution in [3.8, 4) is 5.75 Å². The van der Waals surface area contributed by atoms with Crippen molar-refractivity contribution in [1.29, 1.82) is 0 Å². The molecule has 10 heteroatoms. The van der Waals surface area contributed by atoms with Crippen LogP contribution >= 0.6 is 0 Å². The molecule has 0 spiro atoms. The number of halogens is 3. The van der Waals surface area contributed by atoms with Crippen LogP contribution < -0.4 is 19.9 Å². The van der Waals surface area contributed by atoms with E-state index >= 15 is 0 Å². The first kappa shape index (κ1) is 28.3. The van der Waals surface area contributed by atoms with Crippen LogP contribution in [0.15, 0.2) is 78.9 Å². The van der Waals surface area contributed by atoms with Gasteiger partial charge >= 0.3 is 6.18 Å². The fourth-order valence-electron chi connectivity index (χ4n) is 5.60. The van der Waals surface area contributed by atoms with Gasteiger partial charge in [-0.1, -0.05) is 30.3 Å². The van der Waals surface area contributed by atoms with E-state index in [1.165, 1.54) is 19.1 Å². The lowest BCUT2D eigenvalue weighted by molar-refractivity contribution is -0.149. The molecule has 41 heavy (non-hydrogen) atoms. The molecule has 2 aliphatic rings. The maximum Gasteiger partial charge on any atom is 0.416 e. The zero-order chi connectivity index (χ0) is 29.0. The molecule has 2 saturated heterocycles. The van der Waals surface area contributed by atoms with Crippen molar-refractivity contribution in [2.24, 2.45) is 0 Å². The minimum absolute atomic E-state index is 0.158. The largest absolute Gasteiger partial charge is 0.476 e. The number of rotatable bonds is 6. The number of nitrogens with one attached hydrogen (secondary N) is 1. The third kappa shape index (κ3) is 6.42. The third-order valence-corrected chi connectivity index (χ3v) is 7.58. The molecule has 216 valence electrons. The highest BCUT2D eigenvalue weighted by Gasteiger charge is 2.48. The average Bonchev–Trinajstić information content (AvgIpc) is 2.97. The number of hydrogen-bond donors (Lipinski definition) is 1. The SMILES string of the molecule is CC(=O)Nc1ccccc1N1CCN(C(=O)C2(Oc3ccc(C(F)(F)F)cc3)CCCN(c3ccccc3)C2)CC1. The predicted molar refractivity (Wildman–Crippen MR) is 152 cm³/mol. The van der Waals surface area contributed by atoms with Crippen LogP contribution in [0.4, 0.5) is 30.2 Å². The molecule has 0 aliphatic carbocycles. The maximum atomic E-state index is 14.3. The lowest BCUT2D eigenvalue weighted by Gasteiger charge is -2.46. The van der Waals surface area contributed by atoms with Gasteiger partial charge in [-0.2, -0.15) is 13.2 Å². The van der Waals surface area contributed by atoms with Gasteiger partial charge in [0.15, 0.2) is 0 Å². The number of hydrogen-bond acceptors (Lipinski definition) is 5. The van der Waals surface area contributed by atoms with Crippen LogP contribution in [0.25, 0.3) is 0 Å². The Kier molecular flexibility index (Phi) is 8.10. The summed E-state index contributed by atoms with van der Waals surface area (Å²) in [6.07, 6.45) is -3.33. The van der Waals surface area contributed by atoms with Crippen molar-refractivity contribution >= 4 is 28.9 Å². The van der Waals surface area contributed by atoms with Gasteiger partial charge in [0.25, 0.3) is 5.91 Å². The number of para-hydroxylation sites is 3. The summed E-state index contributed by atoms with van der Waals surface area (Å²) in [5.74, 6) is -0.106. The van der Waals surface area contributed by atoms with Gasteiger partial charge in [0.1, 0.15) is 5.75 Å². The van der Waals surface area contributed by atoms with E-state index in [2.05, 4.69) is 15.1 Å². The highest BCUT2D eigenvalue weighted by molar-refractivity contribution is 5.93. The molecule has 2 aliphatic heterocycles. The molecule has 1 N–H and O–H groups in total. The molecule has 2 fully saturated rings. The van der Waals surface area contributed by atoms with Crippen molar-refractivity contribution in [1.82, 2.24) is 4.90 Å². The molecular weight excluding hydrogens is 533 g/mol. The third-order valence-electron chi connectivity index (χ3n) is 7.58. The number of piperidine rings is 1. The molecule has 3 aromatic rings. The zero-order valence-corrected chi connectivity index (χ0v) is 22.9. The lowest BCUT2D eigenvalue weighted by Crippen LogP contribution is -2.63. The van der Waals surface area contributed by atoms with Crippen LogP contribution in [0, 0.1) is 0 Å². The number of amides is 2. The summed E-state index contributed by atoms with van der Waals surface area (Å²) in [7, 11) is 0. The normalized spacial score (nSPS) is 19.6. The van der Waals surface area contributed by atoms with E-state index in [9.17, 15) is 22.8 Å². The number of nitrogens with zero attached hydrogens (tertiary/aromatic N) is 3. The smallest absolute Gasteiger partial charge is 0.416 e. The van der Waals surface area contributed by atoms with E-state index in [1.807, 2.05) is 54.6 Å². The van der Waals surface area contributed by atoms with Crippen molar-refractivity contribution in [3.05, 3.63) is 84.4 Å². The van der Waals surface area contributed by atoms with Crippen molar-refractivity contribution in [3.63, 3.8) is 0 Å². The molecule has 5 rings (SSSR count). The van der Waals surface area contributed by atoms with Crippen LogP contribution in [0.1, 0.15) is 25.3 Å². The van der Waals surface area contributed by atoms with Gasteiger partial charge in [0.05, 0.1) is 23.5 Å². The maximum absolute atomic E-state index is 14.3. The molecule has 7 nitrogen and oxygen atoms in total. The van der Waals surface area contributed by atoms with Crippen LogP contribution in [0.5, 0.6) is 5.75 Å². The quantitative estimate of drug-likeness (QED) is 0.431. The molecule has 1 unspecified atom stereocenters. The number of anilines is 3. The van der Waals surface area contributed by atoms with Crippen molar-refractivity contribution < 1.29 is 27.5 Å². The molecule has 0 bridgehead atoms. The second-order valence-corrected chi connectivity index (χ2v) is 10.5. The van der Waals surface area contributed by atoms with Crippen molar-refractivity contribution in [2.75, 3.05) is 54.4 Å². The average molecular weight is 567 g/mol. The number of piperazine rings is 1. The van der Waals surface area contributed by atoms with Crippen LogP contribution in [0.2, 0.25) is 0 Å². The molecule has 0 radical (unpaired) electrons. The zero-order valence-electron chi connectivity index (χ0n) is 22.9. The molecule has 2 amide bonds. The van der Waals surface area contributed by atoms with Crippen LogP contribution in [0.3, 0.4) is 0 Å². The Morgan fingerprint density at radius 2 is 1.49 bits per heavy atom. The van der Waals surface area contributed by atoms with Crippen LogP contribution in [-0.4, -0.2) is 61.6 Å². The first-order chi connectivity index (χ1) is 19.6. The first-order valence-corrected chi connectivity index (χ1v) is 13.7. The number of alkyl halides is 3. The highest BCUT2D eigenvalue weighted by atomic mass is 19.4. The summed E-state index contributed by atoms with van der Waals surface area (Å²) in [6.45, 7) is 4.48. The minimum Gasteiger partial charge on any atom is -0.476 e. The van der Waals surface area contributed by atoms with E-state index in [0.29, 0.717) is 44.7 Å². The van der Waals surface area contributed by atoms with Gasteiger partial charge in [0.2, 0.25) is 11.5 Å². The highest BCUT2D eigenvalue weighted by Crippen LogP contribution is 2.35. The predicted octanol–water partition coefficient (Wildman–Crippen LogP) is 5.43. The van der Waals surface area contributed by atoms with Crippen LogP contribution in [-0.2, 0) is 15.8 Å². The van der Waals surface area contributed by atoms with Gasteiger partial charge in [-0.3, -0.25) is 9.59 Å². The molecule has 2 heterocycles. The molecule has 0 saturated carbocycles. The lowest BCUT2D eigenvalue weighted by atomic mass is 9.89. The Hall–Kier alpha value is -4.21. The van der Waals surface area contributed by atoms with E-state index in [4.69, 9.17) is 4.74 Å². The monoisotopic (exact) mass is 566 g/mol. The Labute approximate surface area is 237 Å². The van der Waals surface area contributed by atoms with Crippen molar-refractivity contribution in [2.45, 2.75) is 31.5 Å². The summed E-state index contributed by atoms with van der Waals surface area (Å²) >= 11 is 0. The summed E-state index contributed by atoms with van der Waals surface area (Å²) in [5.41, 5.74) is 0.533. The van der Waals surface area contributed by atoms with Gasteiger partial charge in [-0.15, -0.1) is 0 Å². The Morgan fingerprint density at radius 1 is 0.829 bits per heavy atom. The number of carbonyl (C=O) groups excluding carboxylic acids is 2. The molecular formula is C31H33F3N4O3. The Bertz CT molecular complexity index is 1360. The molecule has 0 aromatic heterocycles. The van der Waals surface area contributed by atoms with Gasteiger partial charge < -0.3 is 24.8 Å². The summed E-state index contributed by atoms with van der Waals surface area (Å²) in [5, 5.41) is 2.87. The fourth-order valence-corrected chi connectivity index (χ4v) is 5.60. The standard InChI is InChI=1S/C31H33F3N4O3/c1-23(39)35-27-10-5-6-11-28(27)36-18-20-37(21-19-36)29(40)30(41-26-14-12-24(13-15-26)31(32,33)34)16-7-17-38(22-30)25-8-3-2-4-9-25/h2-6,8-15H,7,16-22H2,1H3,(H,35,39). The number of ether oxygens (including phenoxy) is 1. The Balaban J connectivity index is 1.37. The summed E-state index contributed by atoms with van der Waals surface area (Å²) in [6, 6.07) is 21.8. The van der Waals surface area contributed by atoms with E-state index in [-0.39, 0.29) is 24.1 Å². The van der Waals surface area contributed by atoms with Gasteiger partial charge in [-0.05, 0) is 61.4 Å². The topological polar surface area (TPSA) is 65.1 Å². The fraction of sp³-hybridized carbons (Fsp3) is 0.355. The molecule has 1 atom stereocenters. The number of benzene rings is 3. The van der Waals surface area contributed by atoms with E-state index in [1.54, 1.807) is 4.90 Å². The molecule has 3 aromatic carbocycles. The number of carbonyl (C=O) groups is 2. The second kappa shape index (κ2) is 11.7. The summed E-state index contributed by atoms with van der Waals surface area (Å²) < 4.78 is 45.9. The Morgan fingerprint density at radius 3 is 2.15 bits per heavy atom. The van der Waals surface area contributed by atoms with Gasteiger partial charge in [0, 0.05) is 45.3 Å². The summed E-state index contributed by atoms with van der Waals surface area (Å²) in [4.78, 5) is 32.0. The van der Waals surface area contributed by atoms with E-state index in [0.717, 1.165) is 30.1 Å².